The van der Waals surface area contributed by atoms with E-state index in [0.717, 1.165) is 0 Å². The Morgan fingerprint density at radius 3 is 2.14 bits per heavy atom. The van der Waals surface area contributed by atoms with Crippen LogP contribution in [0, 0.1) is 0 Å². The molecule has 1 aliphatic rings. The van der Waals surface area contributed by atoms with Crippen molar-refractivity contribution in [3.8, 4) is 0 Å². The van der Waals surface area contributed by atoms with Gasteiger partial charge in [0.25, 0.3) is 0 Å². The first-order valence-corrected chi connectivity index (χ1v) is 3.39. The van der Waals surface area contributed by atoms with Crippen LogP contribution in [0.15, 0.2) is 0 Å². The molecule has 2 heteroatoms. The van der Waals surface area contributed by atoms with Crippen LogP contribution in [0.1, 0.15) is 25.7 Å². The normalized spacial score (nSPS) is 23.3. The van der Waals surface area contributed by atoms with Crippen molar-refractivity contribution in [2.45, 2.75) is 31.8 Å². The van der Waals surface area contributed by atoms with E-state index in [1.807, 2.05) is 0 Å². The van der Waals surface area contributed by atoms with Gasteiger partial charge in [-0.05, 0) is 0 Å². The third kappa shape index (κ3) is 1.56. The zero-order valence-corrected chi connectivity index (χ0v) is 5.88. The van der Waals surface area contributed by atoms with Crippen molar-refractivity contribution in [1.82, 2.24) is 0 Å². The number of hydrogen-bond acceptors (Lipinski definition) is 1. The van der Waals surface area contributed by atoms with Gasteiger partial charge in [0, 0.05) is 0 Å². The van der Waals surface area contributed by atoms with E-state index in [1.54, 1.807) is 20.8 Å². The Labute approximate surface area is 56.3 Å². The Morgan fingerprint density at radius 1 is 1.29 bits per heavy atom. The van der Waals surface area contributed by atoms with Crippen molar-refractivity contribution in [2.75, 3.05) is 0 Å². The standard InChI is InChI=1S/C5H9O.Ti/c6-5-3-1-2-4-5;/h5H,1-4H2;/q-1;+1. The van der Waals surface area contributed by atoms with Crippen LogP contribution in [0.4, 0.5) is 0 Å². The van der Waals surface area contributed by atoms with Crippen LogP contribution in [0.25, 0.3) is 0 Å². The Balaban J connectivity index is 2.14. The van der Waals surface area contributed by atoms with Crippen LogP contribution in [-0.2, 0) is 24.1 Å². The van der Waals surface area contributed by atoms with Gasteiger partial charge in [-0.15, -0.1) is 0 Å². The van der Waals surface area contributed by atoms with Crippen molar-refractivity contribution >= 4 is 0 Å². The van der Waals surface area contributed by atoms with Gasteiger partial charge >= 0.3 is 55.9 Å². The summed E-state index contributed by atoms with van der Waals surface area (Å²) in [7, 11) is 0. The molecule has 0 heterocycles. The summed E-state index contributed by atoms with van der Waals surface area (Å²) in [6.45, 7) is 0. The summed E-state index contributed by atoms with van der Waals surface area (Å²) in [5.74, 6) is 0. The molecule has 0 aromatic carbocycles. The average Bonchev–Trinajstić information content (AvgIpc) is 2.14. The van der Waals surface area contributed by atoms with E-state index >= 15 is 0 Å². The van der Waals surface area contributed by atoms with Crippen LogP contribution in [0.3, 0.4) is 0 Å². The van der Waals surface area contributed by atoms with Crippen molar-refractivity contribution in [3.63, 3.8) is 0 Å². The predicted molar refractivity (Wildman–Crippen MR) is 23.3 cm³/mol. The molecule has 1 rings (SSSR count). The van der Waals surface area contributed by atoms with Crippen molar-refractivity contribution in [2.24, 2.45) is 0 Å². The van der Waals surface area contributed by atoms with Gasteiger partial charge in [0.1, 0.15) is 0 Å². The quantitative estimate of drug-likeness (QED) is 0.491. The minimum atomic E-state index is 0.597. The van der Waals surface area contributed by atoms with Gasteiger partial charge in [0.2, 0.25) is 0 Å². The summed E-state index contributed by atoms with van der Waals surface area (Å²) in [6, 6.07) is 0. The Hall–Kier alpha value is 0.674. The van der Waals surface area contributed by atoms with Gasteiger partial charge in [-0.3, -0.25) is 0 Å². The summed E-state index contributed by atoms with van der Waals surface area (Å²) < 4.78 is 5.11. The van der Waals surface area contributed by atoms with E-state index in [0.29, 0.717) is 6.10 Å². The summed E-state index contributed by atoms with van der Waals surface area (Å²) in [5.41, 5.74) is 0. The first-order chi connectivity index (χ1) is 3.43. The zero-order chi connectivity index (χ0) is 5.11. The molecule has 0 N–H and O–H groups in total. The topological polar surface area (TPSA) is 9.23 Å². The monoisotopic (exact) mass is 133 g/mol. The van der Waals surface area contributed by atoms with Crippen LogP contribution in [0.5, 0.6) is 0 Å². The van der Waals surface area contributed by atoms with E-state index in [4.69, 9.17) is 3.32 Å². The molecule has 0 amide bonds. The molecular formula is C5H9OTi. The maximum absolute atomic E-state index is 5.11. The molecule has 1 nitrogen and oxygen atoms in total. The maximum atomic E-state index is 5.11. The summed E-state index contributed by atoms with van der Waals surface area (Å²) in [6.07, 6.45) is 5.92. The van der Waals surface area contributed by atoms with E-state index < -0.39 is 0 Å². The molecular weight excluding hydrogens is 124 g/mol. The van der Waals surface area contributed by atoms with Gasteiger partial charge in [-0.1, -0.05) is 0 Å². The third-order valence-corrected chi connectivity index (χ3v) is 1.99. The second-order valence-electron chi connectivity index (χ2n) is 2.02. The number of rotatable bonds is 1. The molecule has 0 aromatic heterocycles. The molecule has 0 unspecified atom stereocenters. The Morgan fingerprint density at radius 2 is 1.86 bits per heavy atom. The van der Waals surface area contributed by atoms with Crippen molar-refractivity contribution in [1.29, 1.82) is 0 Å². The summed E-state index contributed by atoms with van der Waals surface area (Å²) in [4.78, 5) is 0. The van der Waals surface area contributed by atoms with Gasteiger partial charge in [-0.25, -0.2) is 0 Å². The minimum absolute atomic E-state index is 0.597. The van der Waals surface area contributed by atoms with E-state index in [9.17, 15) is 0 Å². The average molecular weight is 133 g/mol. The fourth-order valence-electron chi connectivity index (χ4n) is 1.01. The summed E-state index contributed by atoms with van der Waals surface area (Å²) >= 11 is 1.80. The van der Waals surface area contributed by atoms with Gasteiger partial charge in [0.15, 0.2) is 0 Å². The second kappa shape index (κ2) is 2.86. The first-order valence-electron chi connectivity index (χ1n) is 2.76. The molecule has 0 saturated heterocycles. The van der Waals surface area contributed by atoms with Crippen molar-refractivity contribution < 1.29 is 24.1 Å². The molecule has 1 aliphatic carbocycles. The van der Waals surface area contributed by atoms with Crippen LogP contribution in [0.2, 0.25) is 0 Å². The molecule has 0 aliphatic heterocycles. The molecule has 7 heavy (non-hydrogen) atoms. The van der Waals surface area contributed by atoms with E-state index in [2.05, 4.69) is 0 Å². The van der Waals surface area contributed by atoms with Crippen molar-refractivity contribution in [3.05, 3.63) is 0 Å². The predicted octanol–water partition coefficient (Wildman–Crippen LogP) is 1.41. The van der Waals surface area contributed by atoms with Gasteiger partial charge in [0.05, 0.1) is 0 Å². The Kier molecular flexibility index (Phi) is 2.37. The molecule has 39 valence electrons. The van der Waals surface area contributed by atoms with Gasteiger partial charge < -0.3 is 0 Å². The summed E-state index contributed by atoms with van der Waals surface area (Å²) in [5, 5.41) is 0. The fraction of sp³-hybridized carbons (Fsp3) is 1.00. The zero-order valence-electron chi connectivity index (χ0n) is 4.31. The fourth-order valence-corrected chi connectivity index (χ4v) is 1.37. The second-order valence-corrected chi connectivity index (χ2v) is 2.39. The van der Waals surface area contributed by atoms with E-state index in [1.165, 1.54) is 25.7 Å². The third-order valence-electron chi connectivity index (χ3n) is 1.47. The molecule has 0 bridgehead atoms. The SMILES string of the molecule is [Ti][O]C1CCCC1. The van der Waals surface area contributed by atoms with Crippen LogP contribution in [-0.4, -0.2) is 6.10 Å². The molecule has 0 aromatic rings. The molecule has 0 radical (unpaired) electrons. The first kappa shape index (κ1) is 5.80. The molecule has 0 atom stereocenters. The van der Waals surface area contributed by atoms with Gasteiger partial charge in [-0.2, -0.15) is 0 Å². The van der Waals surface area contributed by atoms with Crippen LogP contribution < -0.4 is 0 Å². The van der Waals surface area contributed by atoms with Crippen LogP contribution >= 0.6 is 0 Å². The van der Waals surface area contributed by atoms with E-state index in [-0.39, 0.29) is 0 Å². The Bertz CT molecular complexity index is 50.0. The molecule has 1 saturated carbocycles. The molecule has 0 spiro atoms. The molecule has 1 fully saturated rings. The number of hydrogen-bond donors (Lipinski definition) is 0.